The molecule has 2 aromatic rings. The first-order valence-electron chi connectivity index (χ1n) is 8.43. The number of methoxy groups -OCH3 is 1. The smallest absolute Gasteiger partial charge is 0.475 e. The Morgan fingerprint density at radius 2 is 1.56 bits per heavy atom. The second-order valence-corrected chi connectivity index (χ2v) is 7.03. The van der Waals surface area contributed by atoms with Crippen LogP contribution in [0.3, 0.4) is 0 Å². The van der Waals surface area contributed by atoms with Gasteiger partial charge in [0.15, 0.2) is 11.9 Å². The fourth-order valence-electron chi connectivity index (χ4n) is 2.35. The van der Waals surface area contributed by atoms with E-state index in [1.54, 1.807) is 38.1 Å². The van der Waals surface area contributed by atoms with Crippen LogP contribution in [-0.4, -0.2) is 26.1 Å². The van der Waals surface area contributed by atoms with Gasteiger partial charge >= 0.3 is 7.82 Å². The molecular weight excluding hydrogens is 374 g/mol. The van der Waals surface area contributed by atoms with E-state index < -0.39 is 25.5 Å². The van der Waals surface area contributed by atoms with Crippen LogP contribution in [-0.2, 0) is 18.1 Å². The van der Waals surface area contributed by atoms with Crippen LogP contribution < -0.4 is 4.74 Å². The highest BCUT2D eigenvalue weighted by molar-refractivity contribution is 7.48. The van der Waals surface area contributed by atoms with Crippen molar-refractivity contribution < 1.29 is 32.1 Å². The van der Waals surface area contributed by atoms with Gasteiger partial charge in [0.1, 0.15) is 11.6 Å². The number of carbonyl (C=O) groups is 1. The number of rotatable bonds is 10. The number of hydrogen-bond acceptors (Lipinski definition) is 6. The van der Waals surface area contributed by atoms with Gasteiger partial charge in [-0.2, -0.15) is 0 Å². The van der Waals surface area contributed by atoms with Gasteiger partial charge in [0, 0.05) is 5.56 Å². The Bertz CT molecular complexity index is 781. The minimum Gasteiger partial charge on any atom is -0.497 e. The summed E-state index contributed by atoms with van der Waals surface area (Å²) in [6.07, 6.45) is -1.26. The van der Waals surface area contributed by atoms with E-state index in [0.717, 1.165) is 0 Å². The van der Waals surface area contributed by atoms with Crippen LogP contribution in [0.25, 0.3) is 0 Å². The summed E-state index contributed by atoms with van der Waals surface area (Å²) >= 11 is 0. The number of carbonyl (C=O) groups excluding carboxylic acids is 1. The Hall–Kier alpha value is -2.05. The second-order valence-electron chi connectivity index (χ2n) is 5.41. The third-order valence-electron chi connectivity index (χ3n) is 3.59. The highest BCUT2D eigenvalue weighted by Crippen LogP contribution is 2.53. The summed E-state index contributed by atoms with van der Waals surface area (Å²) in [4.78, 5) is 13.0. The maximum absolute atomic E-state index is 13.2. The Kier molecular flexibility index (Phi) is 7.68. The van der Waals surface area contributed by atoms with E-state index in [-0.39, 0.29) is 18.8 Å². The minimum atomic E-state index is -3.97. The molecule has 0 amide bonds. The molecule has 0 aliphatic rings. The molecule has 2 aromatic carbocycles. The fourth-order valence-corrected chi connectivity index (χ4v) is 3.65. The van der Waals surface area contributed by atoms with Crippen molar-refractivity contribution in [1.29, 1.82) is 0 Å². The lowest BCUT2D eigenvalue weighted by Crippen LogP contribution is -2.17. The van der Waals surface area contributed by atoms with Crippen molar-refractivity contribution in [2.45, 2.75) is 20.0 Å². The number of benzene rings is 2. The third-order valence-corrected chi connectivity index (χ3v) is 5.21. The average Bonchev–Trinajstić information content (AvgIpc) is 2.67. The van der Waals surface area contributed by atoms with Crippen molar-refractivity contribution in [2.24, 2.45) is 0 Å². The lowest BCUT2D eigenvalue weighted by Gasteiger charge is -2.23. The van der Waals surface area contributed by atoms with Crippen LogP contribution in [0, 0.1) is 5.82 Å². The Morgan fingerprint density at radius 1 is 1.00 bits per heavy atom. The maximum atomic E-state index is 13.2. The first-order valence-corrected chi connectivity index (χ1v) is 9.89. The van der Waals surface area contributed by atoms with E-state index in [4.69, 9.17) is 18.3 Å². The summed E-state index contributed by atoms with van der Waals surface area (Å²) in [5, 5.41) is 0. The Labute approximate surface area is 157 Å². The molecule has 0 heterocycles. The molecule has 0 fully saturated rings. The lowest BCUT2D eigenvalue weighted by molar-refractivity contribution is 0.0594. The number of halogens is 1. The number of hydrogen-bond donors (Lipinski definition) is 0. The molecule has 1 unspecified atom stereocenters. The van der Waals surface area contributed by atoms with Crippen molar-refractivity contribution in [1.82, 2.24) is 0 Å². The highest BCUT2D eigenvalue weighted by atomic mass is 31.2. The molecule has 0 saturated heterocycles. The van der Waals surface area contributed by atoms with Gasteiger partial charge in [0.2, 0.25) is 0 Å². The first kappa shape index (κ1) is 21.3. The van der Waals surface area contributed by atoms with Crippen LogP contribution in [0.15, 0.2) is 48.5 Å². The van der Waals surface area contributed by atoms with Gasteiger partial charge in [-0.1, -0.05) is 12.1 Å². The van der Waals surface area contributed by atoms with E-state index in [1.807, 2.05) is 0 Å². The standard InChI is InChI=1S/C19H22FO6P/c1-4-24-27(22,25-5-2)26-19(15-8-12-17(23-3)13-9-15)18(21)14-6-10-16(20)11-7-14/h6-13,19H,4-5H2,1-3H3. The Morgan fingerprint density at radius 3 is 2.04 bits per heavy atom. The molecule has 0 saturated carbocycles. The SMILES string of the molecule is CCOP(=O)(OCC)OC(C(=O)c1ccc(F)cc1)c1ccc(OC)cc1. The molecule has 1 atom stereocenters. The molecule has 0 N–H and O–H groups in total. The minimum absolute atomic E-state index is 0.0807. The number of ether oxygens (including phenoxy) is 1. The second kappa shape index (κ2) is 9.76. The Balaban J connectivity index is 2.41. The molecular formula is C19H22FO6P. The molecule has 146 valence electrons. The summed E-state index contributed by atoms with van der Waals surface area (Å²) < 4.78 is 47.0. The molecule has 27 heavy (non-hydrogen) atoms. The van der Waals surface area contributed by atoms with Gasteiger partial charge in [0.05, 0.1) is 20.3 Å². The number of phosphoric ester groups is 1. The van der Waals surface area contributed by atoms with Crippen molar-refractivity contribution in [3.05, 3.63) is 65.5 Å². The van der Waals surface area contributed by atoms with E-state index in [1.165, 1.54) is 31.4 Å². The monoisotopic (exact) mass is 396 g/mol. The van der Waals surface area contributed by atoms with Gasteiger partial charge in [-0.05, 0) is 55.8 Å². The van der Waals surface area contributed by atoms with Crippen LogP contribution in [0.4, 0.5) is 4.39 Å². The molecule has 6 nitrogen and oxygen atoms in total. The van der Waals surface area contributed by atoms with Crippen LogP contribution >= 0.6 is 7.82 Å². The molecule has 8 heteroatoms. The quantitative estimate of drug-likeness (QED) is 0.418. The van der Waals surface area contributed by atoms with Crippen molar-refractivity contribution in [2.75, 3.05) is 20.3 Å². The normalized spacial score (nSPS) is 12.6. The van der Waals surface area contributed by atoms with Gasteiger partial charge in [-0.15, -0.1) is 0 Å². The predicted octanol–water partition coefficient (Wildman–Crippen LogP) is 4.96. The zero-order chi connectivity index (χ0) is 19.9. The molecule has 0 radical (unpaired) electrons. The lowest BCUT2D eigenvalue weighted by atomic mass is 10.00. The third kappa shape index (κ3) is 5.71. The summed E-state index contributed by atoms with van der Waals surface area (Å²) in [5.74, 6) is -0.382. The van der Waals surface area contributed by atoms with Gasteiger partial charge in [0.25, 0.3) is 0 Å². The van der Waals surface area contributed by atoms with Crippen LogP contribution in [0.5, 0.6) is 5.75 Å². The molecule has 0 aliphatic carbocycles. The van der Waals surface area contributed by atoms with Gasteiger partial charge < -0.3 is 4.74 Å². The number of ketones is 1. The molecule has 0 bridgehead atoms. The highest BCUT2D eigenvalue weighted by Gasteiger charge is 2.35. The summed E-state index contributed by atoms with van der Waals surface area (Å²) in [6.45, 7) is 3.44. The number of Topliss-reactive ketones (excluding diaryl/α,β-unsaturated/α-hetero) is 1. The van der Waals surface area contributed by atoms with E-state index >= 15 is 0 Å². The molecule has 0 aliphatic heterocycles. The van der Waals surface area contributed by atoms with Crippen LogP contribution in [0.1, 0.15) is 35.9 Å². The first-order chi connectivity index (χ1) is 12.9. The fraction of sp³-hybridized carbons (Fsp3) is 0.316. The summed E-state index contributed by atoms with van der Waals surface area (Å²) in [5.41, 5.74) is 0.640. The van der Waals surface area contributed by atoms with Gasteiger partial charge in [-0.3, -0.25) is 18.4 Å². The zero-order valence-electron chi connectivity index (χ0n) is 15.4. The molecule has 0 spiro atoms. The van der Waals surface area contributed by atoms with Crippen molar-refractivity contribution in [3.8, 4) is 5.75 Å². The molecule has 2 rings (SSSR count). The van der Waals surface area contributed by atoms with E-state index in [9.17, 15) is 13.8 Å². The topological polar surface area (TPSA) is 71.1 Å². The van der Waals surface area contributed by atoms with Crippen molar-refractivity contribution >= 4 is 13.6 Å². The predicted molar refractivity (Wildman–Crippen MR) is 98.4 cm³/mol. The average molecular weight is 396 g/mol. The van der Waals surface area contributed by atoms with Crippen LogP contribution in [0.2, 0.25) is 0 Å². The largest absolute Gasteiger partial charge is 0.497 e. The summed E-state index contributed by atoms with van der Waals surface area (Å²) in [7, 11) is -2.45. The summed E-state index contributed by atoms with van der Waals surface area (Å²) in [6, 6.07) is 11.5. The van der Waals surface area contributed by atoms with Crippen molar-refractivity contribution in [3.63, 3.8) is 0 Å². The van der Waals surface area contributed by atoms with Gasteiger partial charge in [-0.25, -0.2) is 8.96 Å². The maximum Gasteiger partial charge on any atom is 0.475 e. The molecule has 0 aromatic heterocycles. The zero-order valence-corrected chi connectivity index (χ0v) is 16.3. The van der Waals surface area contributed by atoms with E-state index in [2.05, 4.69) is 0 Å². The van der Waals surface area contributed by atoms with E-state index in [0.29, 0.717) is 11.3 Å². The number of phosphoric acid groups is 1.